The maximum atomic E-state index is 12.0. The zero-order valence-corrected chi connectivity index (χ0v) is 9.76. The third kappa shape index (κ3) is 3.43. The number of rotatable bonds is 5. The van der Waals surface area contributed by atoms with E-state index in [1.54, 1.807) is 12.1 Å². The molecule has 5 heteroatoms. The lowest BCUT2D eigenvalue weighted by Crippen LogP contribution is -2.09. The van der Waals surface area contributed by atoms with Crippen molar-refractivity contribution < 1.29 is 17.0 Å². The van der Waals surface area contributed by atoms with E-state index in [0.717, 1.165) is 5.56 Å². The van der Waals surface area contributed by atoms with E-state index in [9.17, 15) is 12.8 Å². The third-order valence-corrected chi connectivity index (χ3v) is 3.19. The van der Waals surface area contributed by atoms with Gasteiger partial charge >= 0.3 is 0 Å². The van der Waals surface area contributed by atoms with Crippen LogP contribution < -0.4 is 0 Å². The van der Waals surface area contributed by atoms with E-state index >= 15 is 0 Å². The number of alkyl halides is 1. The molecule has 1 aromatic carbocycles. The Balaban J connectivity index is 2.78. The van der Waals surface area contributed by atoms with Gasteiger partial charge < -0.3 is 0 Å². The SMILES string of the molecule is C=C(CF)COS(=O)(=O)c1ccc(C)cc1. The number of hydrogen-bond acceptors (Lipinski definition) is 3. The molecule has 3 nitrogen and oxygen atoms in total. The molecule has 0 amide bonds. The highest BCUT2D eigenvalue weighted by atomic mass is 32.2. The fraction of sp³-hybridized carbons (Fsp3) is 0.273. The number of halogens is 1. The fourth-order valence-corrected chi connectivity index (χ4v) is 1.90. The van der Waals surface area contributed by atoms with Crippen molar-refractivity contribution in [1.29, 1.82) is 0 Å². The molecule has 0 radical (unpaired) electrons. The topological polar surface area (TPSA) is 43.4 Å². The second-order valence-corrected chi connectivity index (χ2v) is 5.03. The van der Waals surface area contributed by atoms with E-state index < -0.39 is 16.8 Å². The van der Waals surface area contributed by atoms with Gasteiger partial charge in [0, 0.05) is 0 Å². The van der Waals surface area contributed by atoms with Gasteiger partial charge in [-0.15, -0.1) is 0 Å². The number of aryl methyl sites for hydroxylation is 1. The molecule has 0 aliphatic heterocycles. The highest BCUT2D eigenvalue weighted by Gasteiger charge is 2.14. The molecule has 88 valence electrons. The van der Waals surface area contributed by atoms with Crippen molar-refractivity contribution in [3.05, 3.63) is 42.0 Å². The van der Waals surface area contributed by atoms with Gasteiger partial charge in [0.15, 0.2) is 0 Å². The molecule has 1 aromatic rings. The summed E-state index contributed by atoms with van der Waals surface area (Å²) in [7, 11) is -3.81. The first-order valence-corrected chi connectivity index (χ1v) is 6.05. The van der Waals surface area contributed by atoms with Crippen molar-refractivity contribution in [2.75, 3.05) is 13.3 Å². The van der Waals surface area contributed by atoms with Crippen LogP contribution in [0.15, 0.2) is 41.3 Å². The minimum Gasteiger partial charge on any atom is -0.262 e. The summed E-state index contributed by atoms with van der Waals surface area (Å²) in [6.45, 7) is 4.05. The predicted molar refractivity (Wildman–Crippen MR) is 59.4 cm³/mol. The third-order valence-electron chi connectivity index (χ3n) is 1.92. The van der Waals surface area contributed by atoms with Crippen LogP contribution in [0, 0.1) is 6.92 Å². The Kier molecular flexibility index (Phi) is 4.20. The van der Waals surface area contributed by atoms with Gasteiger partial charge in [-0.05, 0) is 24.6 Å². The molecular weight excluding hydrogens is 231 g/mol. The van der Waals surface area contributed by atoms with Crippen molar-refractivity contribution in [3.8, 4) is 0 Å². The summed E-state index contributed by atoms with van der Waals surface area (Å²) >= 11 is 0. The monoisotopic (exact) mass is 244 g/mol. The van der Waals surface area contributed by atoms with Crippen LogP contribution in [-0.4, -0.2) is 21.7 Å². The lowest BCUT2D eigenvalue weighted by molar-refractivity contribution is 0.337. The van der Waals surface area contributed by atoms with Gasteiger partial charge in [-0.25, -0.2) is 4.39 Å². The standard InChI is InChI=1S/C11H13FO3S/c1-9-3-5-11(6-4-9)16(13,14)15-8-10(2)7-12/h3-6H,2,7-8H2,1H3. The van der Waals surface area contributed by atoms with Crippen molar-refractivity contribution in [1.82, 2.24) is 0 Å². The van der Waals surface area contributed by atoms with E-state index in [1.165, 1.54) is 12.1 Å². The van der Waals surface area contributed by atoms with E-state index in [0.29, 0.717) is 0 Å². The molecule has 16 heavy (non-hydrogen) atoms. The van der Waals surface area contributed by atoms with Gasteiger partial charge in [0.2, 0.25) is 0 Å². The zero-order valence-electron chi connectivity index (χ0n) is 8.94. The molecule has 0 aliphatic carbocycles. The number of hydrogen-bond donors (Lipinski definition) is 0. The van der Waals surface area contributed by atoms with Crippen LogP contribution in [0.1, 0.15) is 5.56 Å². The normalized spacial score (nSPS) is 11.4. The molecule has 0 atom stereocenters. The quantitative estimate of drug-likeness (QED) is 0.589. The van der Waals surface area contributed by atoms with Crippen molar-refractivity contribution in [2.24, 2.45) is 0 Å². The Labute approximate surface area is 94.7 Å². The van der Waals surface area contributed by atoms with E-state index in [1.807, 2.05) is 6.92 Å². The molecule has 0 saturated carbocycles. The molecule has 0 N–H and O–H groups in total. The van der Waals surface area contributed by atoms with Gasteiger partial charge in [0.05, 0.1) is 11.5 Å². The first kappa shape index (κ1) is 12.9. The van der Waals surface area contributed by atoms with Gasteiger partial charge in [0.25, 0.3) is 10.1 Å². The fourth-order valence-electron chi connectivity index (χ4n) is 0.972. The molecule has 0 spiro atoms. The van der Waals surface area contributed by atoms with Crippen LogP contribution in [0.2, 0.25) is 0 Å². The molecule has 0 saturated heterocycles. The van der Waals surface area contributed by atoms with E-state index in [2.05, 4.69) is 10.8 Å². The molecule has 0 heterocycles. The average molecular weight is 244 g/mol. The van der Waals surface area contributed by atoms with Crippen molar-refractivity contribution in [3.63, 3.8) is 0 Å². The molecular formula is C11H13FO3S. The smallest absolute Gasteiger partial charge is 0.262 e. The molecule has 0 aliphatic rings. The largest absolute Gasteiger partial charge is 0.297 e. The first-order chi connectivity index (χ1) is 7.45. The van der Waals surface area contributed by atoms with Crippen molar-refractivity contribution in [2.45, 2.75) is 11.8 Å². The maximum absolute atomic E-state index is 12.0. The van der Waals surface area contributed by atoms with Crippen LogP contribution in [0.5, 0.6) is 0 Å². The van der Waals surface area contributed by atoms with Gasteiger partial charge in [-0.3, -0.25) is 4.18 Å². The summed E-state index contributed by atoms with van der Waals surface area (Å²) in [5.74, 6) is 0. The number of benzene rings is 1. The van der Waals surface area contributed by atoms with E-state index in [-0.39, 0.29) is 17.1 Å². The summed E-state index contributed by atoms with van der Waals surface area (Å²) in [5.41, 5.74) is 1.04. The van der Waals surface area contributed by atoms with Crippen LogP contribution in [0.25, 0.3) is 0 Å². The first-order valence-electron chi connectivity index (χ1n) is 4.64. The van der Waals surface area contributed by atoms with Gasteiger partial charge in [-0.2, -0.15) is 8.42 Å². The van der Waals surface area contributed by atoms with Crippen LogP contribution in [0.4, 0.5) is 4.39 Å². The zero-order chi connectivity index (χ0) is 12.2. The Morgan fingerprint density at radius 1 is 1.38 bits per heavy atom. The lowest BCUT2D eigenvalue weighted by Gasteiger charge is -2.05. The van der Waals surface area contributed by atoms with Crippen LogP contribution >= 0.6 is 0 Å². The van der Waals surface area contributed by atoms with Crippen LogP contribution in [-0.2, 0) is 14.3 Å². The second-order valence-electron chi connectivity index (χ2n) is 3.41. The van der Waals surface area contributed by atoms with E-state index in [4.69, 9.17) is 0 Å². The minimum atomic E-state index is -3.81. The molecule has 1 rings (SSSR count). The van der Waals surface area contributed by atoms with Crippen molar-refractivity contribution >= 4 is 10.1 Å². The lowest BCUT2D eigenvalue weighted by atomic mass is 10.2. The van der Waals surface area contributed by atoms with Crippen LogP contribution in [0.3, 0.4) is 0 Å². The predicted octanol–water partition coefficient (Wildman–Crippen LogP) is 2.23. The summed E-state index contributed by atoms with van der Waals surface area (Å²) < 4.78 is 39.8. The molecule has 0 aromatic heterocycles. The Hall–Kier alpha value is -1.20. The highest BCUT2D eigenvalue weighted by molar-refractivity contribution is 7.86. The summed E-state index contributed by atoms with van der Waals surface area (Å²) in [6, 6.07) is 6.23. The van der Waals surface area contributed by atoms with Gasteiger partial charge in [0.1, 0.15) is 6.67 Å². The molecule has 0 unspecified atom stereocenters. The molecule has 0 bridgehead atoms. The Bertz CT molecular complexity index is 463. The summed E-state index contributed by atoms with van der Waals surface area (Å²) in [4.78, 5) is 0.0600. The summed E-state index contributed by atoms with van der Waals surface area (Å²) in [5, 5.41) is 0. The molecule has 0 fully saturated rings. The maximum Gasteiger partial charge on any atom is 0.297 e. The Morgan fingerprint density at radius 2 is 1.94 bits per heavy atom. The minimum absolute atomic E-state index is 0.0600. The van der Waals surface area contributed by atoms with Gasteiger partial charge in [-0.1, -0.05) is 24.3 Å². The highest BCUT2D eigenvalue weighted by Crippen LogP contribution is 2.13. The average Bonchev–Trinajstić information content (AvgIpc) is 2.26. The Morgan fingerprint density at radius 3 is 2.44 bits per heavy atom. The second kappa shape index (κ2) is 5.23. The summed E-state index contributed by atoms with van der Waals surface area (Å²) in [6.07, 6.45) is 0.